The zero-order valence-electron chi connectivity index (χ0n) is 10.5. The molecule has 0 spiro atoms. The Morgan fingerprint density at radius 3 is 2.72 bits per heavy atom. The second-order valence-corrected chi connectivity index (χ2v) is 3.77. The average Bonchev–Trinajstić information content (AvgIpc) is 2.28. The second kappa shape index (κ2) is 6.70. The van der Waals surface area contributed by atoms with Crippen LogP contribution in [0.15, 0.2) is 6.33 Å². The molecule has 1 rings (SSSR count). The number of hydrogen-bond donors (Lipinski definition) is 1. The number of nitro groups is 1. The summed E-state index contributed by atoms with van der Waals surface area (Å²) in [6.45, 7) is 4.23. The first-order valence-corrected chi connectivity index (χ1v) is 5.44. The van der Waals surface area contributed by atoms with Gasteiger partial charge in [-0.2, -0.15) is 4.98 Å². The Bertz CT molecular complexity index is 411. The zero-order chi connectivity index (χ0) is 13.5. The van der Waals surface area contributed by atoms with E-state index in [1.54, 1.807) is 0 Å². The van der Waals surface area contributed by atoms with E-state index in [0.717, 1.165) is 0 Å². The van der Waals surface area contributed by atoms with Crippen LogP contribution in [-0.4, -0.2) is 41.3 Å². The summed E-state index contributed by atoms with van der Waals surface area (Å²) in [5.41, 5.74) is -0.262. The van der Waals surface area contributed by atoms with Crippen LogP contribution in [0.5, 0.6) is 5.88 Å². The van der Waals surface area contributed by atoms with Gasteiger partial charge in [-0.1, -0.05) is 0 Å². The number of ether oxygens (including phenoxy) is 2. The predicted octanol–water partition coefficient (Wildman–Crippen LogP) is 1.23. The van der Waals surface area contributed by atoms with Gasteiger partial charge in [-0.25, -0.2) is 4.98 Å². The SMILES string of the molecule is COCCOc1ncnc(NC(C)C)c1[N+](=O)[O-]. The quantitative estimate of drug-likeness (QED) is 0.445. The van der Waals surface area contributed by atoms with Crippen molar-refractivity contribution in [3.63, 3.8) is 0 Å². The Kier molecular flexibility index (Phi) is 5.25. The Morgan fingerprint density at radius 1 is 1.44 bits per heavy atom. The van der Waals surface area contributed by atoms with Gasteiger partial charge in [-0.3, -0.25) is 10.1 Å². The highest BCUT2D eigenvalue weighted by Gasteiger charge is 2.24. The molecule has 1 heterocycles. The number of nitrogens with one attached hydrogen (secondary N) is 1. The van der Waals surface area contributed by atoms with E-state index >= 15 is 0 Å². The summed E-state index contributed by atoms with van der Waals surface area (Å²) in [5.74, 6) is 0.0904. The Morgan fingerprint density at radius 2 is 2.17 bits per heavy atom. The molecule has 0 radical (unpaired) electrons. The van der Waals surface area contributed by atoms with Gasteiger partial charge in [-0.15, -0.1) is 0 Å². The summed E-state index contributed by atoms with van der Waals surface area (Å²) in [4.78, 5) is 18.1. The van der Waals surface area contributed by atoms with Gasteiger partial charge >= 0.3 is 5.69 Å². The van der Waals surface area contributed by atoms with E-state index < -0.39 is 4.92 Å². The van der Waals surface area contributed by atoms with Crippen LogP contribution >= 0.6 is 0 Å². The number of methoxy groups -OCH3 is 1. The molecule has 0 bridgehead atoms. The van der Waals surface area contributed by atoms with E-state index in [0.29, 0.717) is 6.61 Å². The summed E-state index contributed by atoms with van der Waals surface area (Å²) in [6.07, 6.45) is 1.22. The molecule has 0 amide bonds. The molecule has 0 saturated carbocycles. The average molecular weight is 256 g/mol. The van der Waals surface area contributed by atoms with E-state index in [4.69, 9.17) is 9.47 Å². The molecule has 1 aromatic rings. The van der Waals surface area contributed by atoms with Crippen LogP contribution < -0.4 is 10.1 Å². The lowest BCUT2D eigenvalue weighted by molar-refractivity contribution is -0.385. The highest BCUT2D eigenvalue weighted by Crippen LogP contribution is 2.30. The molecule has 1 aromatic heterocycles. The minimum atomic E-state index is -0.563. The molecule has 8 heteroatoms. The van der Waals surface area contributed by atoms with Crippen molar-refractivity contribution in [1.82, 2.24) is 9.97 Å². The van der Waals surface area contributed by atoms with E-state index in [9.17, 15) is 10.1 Å². The fraction of sp³-hybridized carbons (Fsp3) is 0.600. The molecule has 100 valence electrons. The first-order valence-electron chi connectivity index (χ1n) is 5.44. The Balaban J connectivity index is 2.98. The van der Waals surface area contributed by atoms with Crippen molar-refractivity contribution in [3.8, 4) is 5.88 Å². The largest absolute Gasteiger partial charge is 0.470 e. The molecule has 8 nitrogen and oxygen atoms in total. The van der Waals surface area contributed by atoms with Crippen LogP contribution in [0.2, 0.25) is 0 Å². The fourth-order valence-electron chi connectivity index (χ4n) is 1.23. The lowest BCUT2D eigenvalue weighted by Crippen LogP contribution is -2.14. The smallest absolute Gasteiger partial charge is 0.372 e. The molecule has 0 aromatic carbocycles. The molecule has 18 heavy (non-hydrogen) atoms. The standard InChI is InChI=1S/C10H16N4O4/c1-7(2)13-9-8(14(15)16)10(12-6-11-9)18-5-4-17-3/h6-7H,4-5H2,1-3H3,(H,11,12,13). The van der Waals surface area contributed by atoms with Gasteiger partial charge in [0.25, 0.3) is 5.88 Å². The number of anilines is 1. The summed E-state index contributed by atoms with van der Waals surface area (Å²) >= 11 is 0. The van der Waals surface area contributed by atoms with E-state index in [1.165, 1.54) is 13.4 Å². The molecule has 0 saturated heterocycles. The first kappa shape index (κ1) is 14.1. The molecule has 0 aliphatic rings. The van der Waals surface area contributed by atoms with Crippen molar-refractivity contribution in [2.45, 2.75) is 19.9 Å². The maximum absolute atomic E-state index is 11.0. The third-order valence-electron chi connectivity index (χ3n) is 1.92. The third-order valence-corrected chi connectivity index (χ3v) is 1.92. The number of hydrogen-bond acceptors (Lipinski definition) is 7. The maximum Gasteiger partial charge on any atom is 0.372 e. The molecular formula is C10H16N4O4. The first-order chi connectivity index (χ1) is 8.56. The highest BCUT2D eigenvalue weighted by molar-refractivity contribution is 5.61. The normalized spacial score (nSPS) is 10.4. The number of nitrogens with zero attached hydrogens (tertiary/aromatic N) is 3. The van der Waals surface area contributed by atoms with Gasteiger partial charge < -0.3 is 14.8 Å². The summed E-state index contributed by atoms with van der Waals surface area (Å²) in [7, 11) is 1.52. The van der Waals surface area contributed by atoms with Crippen LogP contribution in [-0.2, 0) is 4.74 Å². The summed E-state index contributed by atoms with van der Waals surface area (Å²) in [5, 5.41) is 13.9. The molecule has 0 unspecified atom stereocenters. The Labute approximate surface area is 104 Å². The van der Waals surface area contributed by atoms with Gasteiger partial charge in [0.05, 0.1) is 11.5 Å². The predicted molar refractivity (Wildman–Crippen MR) is 64.8 cm³/mol. The Hall–Kier alpha value is -1.96. The van der Waals surface area contributed by atoms with E-state index in [1.807, 2.05) is 13.8 Å². The molecular weight excluding hydrogens is 240 g/mol. The monoisotopic (exact) mass is 256 g/mol. The van der Waals surface area contributed by atoms with Gasteiger partial charge in [0.15, 0.2) is 0 Å². The molecule has 0 aliphatic carbocycles. The van der Waals surface area contributed by atoms with Crippen LogP contribution in [0.4, 0.5) is 11.5 Å². The van der Waals surface area contributed by atoms with Crippen molar-refractivity contribution in [2.24, 2.45) is 0 Å². The lowest BCUT2D eigenvalue weighted by Gasteiger charge is -2.11. The van der Waals surface area contributed by atoms with E-state index in [-0.39, 0.29) is 30.0 Å². The number of rotatable bonds is 7. The summed E-state index contributed by atoms with van der Waals surface area (Å²) in [6, 6.07) is 0.0189. The van der Waals surface area contributed by atoms with Gasteiger partial charge in [0.2, 0.25) is 5.82 Å². The van der Waals surface area contributed by atoms with Gasteiger partial charge in [0, 0.05) is 13.2 Å². The molecule has 0 atom stereocenters. The maximum atomic E-state index is 11.0. The topological polar surface area (TPSA) is 99.4 Å². The third kappa shape index (κ3) is 3.81. The van der Waals surface area contributed by atoms with Crippen molar-refractivity contribution in [2.75, 3.05) is 25.6 Å². The van der Waals surface area contributed by atoms with Crippen LogP contribution in [0, 0.1) is 10.1 Å². The van der Waals surface area contributed by atoms with Crippen molar-refractivity contribution < 1.29 is 14.4 Å². The minimum Gasteiger partial charge on any atom is -0.470 e. The second-order valence-electron chi connectivity index (χ2n) is 3.77. The zero-order valence-corrected chi connectivity index (χ0v) is 10.5. The van der Waals surface area contributed by atoms with Crippen LogP contribution in [0.3, 0.4) is 0 Å². The van der Waals surface area contributed by atoms with Crippen molar-refractivity contribution in [3.05, 3.63) is 16.4 Å². The van der Waals surface area contributed by atoms with Crippen molar-refractivity contribution in [1.29, 1.82) is 0 Å². The summed E-state index contributed by atoms with van der Waals surface area (Å²) < 4.78 is 10.0. The molecule has 0 fully saturated rings. The van der Waals surface area contributed by atoms with E-state index in [2.05, 4.69) is 15.3 Å². The fourth-order valence-corrected chi connectivity index (χ4v) is 1.23. The molecule has 1 N–H and O–H groups in total. The minimum absolute atomic E-state index is 0.0189. The molecule has 0 aliphatic heterocycles. The van der Waals surface area contributed by atoms with Crippen molar-refractivity contribution >= 4 is 11.5 Å². The van der Waals surface area contributed by atoms with Crippen LogP contribution in [0.25, 0.3) is 0 Å². The number of aromatic nitrogens is 2. The highest BCUT2D eigenvalue weighted by atomic mass is 16.6. The lowest BCUT2D eigenvalue weighted by atomic mass is 10.3. The van der Waals surface area contributed by atoms with Gasteiger partial charge in [-0.05, 0) is 13.8 Å². The van der Waals surface area contributed by atoms with Gasteiger partial charge in [0.1, 0.15) is 12.9 Å². The van der Waals surface area contributed by atoms with Crippen LogP contribution in [0.1, 0.15) is 13.8 Å².